The molecule has 42 heavy (non-hydrogen) atoms. The Balaban J connectivity index is 2.20. The average molecular weight is 602 g/mol. The molecular formula is C27H35N7O7S. The summed E-state index contributed by atoms with van der Waals surface area (Å²) in [5, 5.41) is 16.5. The summed E-state index contributed by atoms with van der Waals surface area (Å²) in [5.41, 5.74) is 1.51. The second kappa shape index (κ2) is 14.5. The minimum absolute atomic E-state index is 0.0247. The maximum atomic E-state index is 13.8. The summed E-state index contributed by atoms with van der Waals surface area (Å²) < 4.78 is 53.8. The van der Waals surface area contributed by atoms with Gasteiger partial charge in [-0.1, -0.05) is 17.7 Å². The van der Waals surface area contributed by atoms with Gasteiger partial charge in [-0.2, -0.15) is 0 Å². The van der Waals surface area contributed by atoms with Gasteiger partial charge in [0.2, 0.25) is 21.9 Å². The molecule has 14 nitrogen and oxygen atoms in total. The van der Waals surface area contributed by atoms with Gasteiger partial charge in [-0.3, -0.25) is 9.29 Å². The maximum Gasteiger partial charge on any atom is 0.243 e. The fourth-order valence-corrected chi connectivity index (χ4v) is 4.91. The van der Waals surface area contributed by atoms with Crippen LogP contribution in [-0.4, -0.2) is 91.7 Å². The minimum atomic E-state index is -4.28. The number of aliphatic hydroxyl groups excluding tert-OH is 1. The normalized spacial score (nSPS) is 13.2. The highest BCUT2D eigenvalue weighted by Crippen LogP contribution is 2.37. The van der Waals surface area contributed by atoms with Crippen LogP contribution in [0, 0.1) is 0 Å². The van der Waals surface area contributed by atoms with Crippen molar-refractivity contribution in [3.8, 4) is 34.6 Å². The van der Waals surface area contributed by atoms with E-state index >= 15 is 0 Å². The third kappa shape index (κ3) is 7.29. The third-order valence-corrected chi connectivity index (χ3v) is 7.55. The van der Waals surface area contributed by atoms with Gasteiger partial charge in [-0.05, 0) is 45.7 Å². The van der Waals surface area contributed by atoms with E-state index in [0.717, 1.165) is 5.57 Å². The highest BCUT2D eigenvalue weighted by molar-refractivity contribution is 7.93. The van der Waals surface area contributed by atoms with Gasteiger partial charge in [0.25, 0.3) is 0 Å². The molecule has 15 heteroatoms. The number of hydrogen-bond donors (Lipinski definition) is 2. The van der Waals surface area contributed by atoms with E-state index in [9.17, 15) is 13.5 Å². The number of sulfonamides is 1. The van der Waals surface area contributed by atoms with Crippen LogP contribution in [0.25, 0.3) is 17.2 Å². The van der Waals surface area contributed by atoms with Crippen molar-refractivity contribution < 1.29 is 32.5 Å². The predicted octanol–water partition coefficient (Wildman–Crippen LogP) is 2.89. The zero-order chi connectivity index (χ0) is 30.9. The lowest BCUT2D eigenvalue weighted by Crippen LogP contribution is -2.42. The Hall–Kier alpha value is -4.34. The number of hydrogen-bond acceptors (Lipinski definition) is 11. The molecule has 226 valence electrons. The first-order chi connectivity index (χ1) is 20.1. The number of aliphatic imine (C=N–C) groups is 2. The largest absolute Gasteiger partial charge is 0.494 e. The van der Waals surface area contributed by atoms with E-state index in [1.165, 1.54) is 39.0 Å². The molecule has 2 heterocycles. The summed E-state index contributed by atoms with van der Waals surface area (Å²) in [7, 11) is 0.130. The highest BCUT2D eigenvalue weighted by Gasteiger charge is 2.36. The van der Waals surface area contributed by atoms with Gasteiger partial charge in [0.05, 0.1) is 34.5 Å². The zero-order valence-electron chi connectivity index (χ0n) is 24.3. The first-order valence-corrected chi connectivity index (χ1v) is 14.3. The molecule has 0 fully saturated rings. The van der Waals surface area contributed by atoms with Crippen molar-refractivity contribution in [2.24, 2.45) is 9.98 Å². The Morgan fingerprint density at radius 2 is 1.76 bits per heavy atom. The lowest BCUT2D eigenvalue weighted by atomic mass is 10.2. The summed E-state index contributed by atoms with van der Waals surface area (Å²) in [4.78, 5) is 12.6. The Morgan fingerprint density at radius 3 is 2.33 bits per heavy atom. The van der Waals surface area contributed by atoms with Crippen molar-refractivity contribution >= 4 is 28.5 Å². The number of aliphatic hydroxyl groups is 1. The van der Waals surface area contributed by atoms with Crippen LogP contribution in [0.2, 0.25) is 0 Å². The summed E-state index contributed by atoms with van der Waals surface area (Å²) in [6.07, 6.45) is 0.337. The van der Waals surface area contributed by atoms with Crippen LogP contribution in [0.3, 0.4) is 0 Å². The second-order valence-electron chi connectivity index (χ2n) is 8.98. The lowest BCUT2D eigenvalue weighted by Gasteiger charge is -2.24. The number of rotatable bonds is 14. The van der Waals surface area contributed by atoms with Gasteiger partial charge in [-0.25, -0.2) is 23.4 Å². The Bertz CT molecular complexity index is 1530. The molecule has 3 aromatic rings. The first kappa shape index (κ1) is 32.2. The van der Waals surface area contributed by atoms with Crippen LogP contribution in [0.15, 0.2) is 58.2 Å². The van der Waals surface area contributed by atoms with Crippen LogP contribution in [0.1, 0.15) is 20.8 Å². The minimum Gasteiger partial charge on any atom is -0.494 e. The van der Waals surface area contributed by atoms with Gasteiger partial charge in [0, 0.05) is 12.3 Å². The van der Waals surface area contributed by atoms with E-state index in [1.54, 1.807) is 36.4 Å². The number of methoxy groups -OCH3 is 3. The second-order valence-corrected chi connectivity index (χ2v) is 11.0. The fourth-order valence-electron chi connectivity index (χ4n) is 3.82. The molecule has 0 radical (unpaired) electrons. The molecule has 0 unspecified atom stereocenters. The monoisotopic (exact) mass is 601 g/mol. The Morgan fingerprint density at radius 1 is 1.10 bits per heavy atom. The van der Waals surface area contributed by atoms with Crippen LogP contribution in [0.4, 0.5) is 5.95 Å². The number of ether oxygens (including phenoxy) is 4. The van der Waals surface area contributed by atoms with Crippen LogP contribution >= 0.6 is 0 Å². The van der Waals surface area contributed by atoms with Crippen molar-refractivity contribution in [3.63, 3.8) is 0 Å². The lowest BCUT2D eigenvalue weighted by molar-refractivity contribution is 0.0638. The van der Waals surface area contributed by atoms with E-state index in [0.29, 0.717) is 28.8 Å². The summed E-state index contributed by atoms with van der Waals surface area (Å²) in [6, 6.07) is 10.1. The van der Waals surface area contributed by atoms with Gasteiger partial charge < -0.3 is 24.1 Å². The molecular weight excluding hydrogens is 566 g/mol. The van der Waals surface area contributed by atoms with E-state index in [2.05, 4.69) is 36.6 Å². The van der Waals surface area contributed by atoms with E-state index in [4.69, 9.17) is 18.9 Å². The Kier molecular flexibility index (Phi) is 11.1. The van der Waals surface area contributed by atoms with Crippen molar-refractivity contribution in [3.05, 3.63) is 48.2 Å². The van der Waals surface area contributed by atoms with Gasteiger partial charge in [0.1, 0.15) is 34.2 Å². The molecule has 0 bridgehead atoms. The molecule has 0 saturated carbocycles. The molecule has 3 rings (SSSR count). The number of anilines is 1. The maximum absolute atomic E-state index is 13.8. The summed E-state index contributed by atoms with van der Waals surface area (Å²) in [6.45, 7) is 8.08. The molecule has 2 atom stereocenters. The van der Waals surface area contributed by atoms with Crippen molar-refractivity contribution in [1.82, 2.24) is 19.7 Å². The van der Waals surface area contributed by atoms with Gasteiger partial charge in [0.15, 0.2) is 11.7 Å². The predicted molar refractivity (Wildman–Crippen MR) is 159 cm³/mol. The van der Waals surface area contributed by atoms with Crippen LogP contribution in [0.5, 0.6) is 17.4 Å². The average Bonchev–Trinajstić information content (AvgIpc) is 3.39. The number of aromatic nitrogens is 4. The number of pyridine rings is 1. The van der Waals surface area contributed by atoms with E-state index in [1.807, 2.05) is 13.8 Å². The molecule has 0 saturated heterocycles. The highest BCUT2D eigenvalue weighted by atomic mass is 32.2. The topological polar surface area (TPSA) is 172 Å². The molecule has 0 aliphatic rings. The summed E-state index contributed by atoms with van der Waals surface area (Å²) >= 11 is 0. The number of nitrogens with one attached hydrogen (secondary N) is 1. The van der Waals surface area contributed by atoms with Gasteiger partial charge >= 0.3 is 0 Å². The smallest absolute Gasteiger partial charge is 0.243 e. The standard InChI is InChI=1S/C27H35N7O7S/c1-17(2)16-29-25(28-4)24(41-15-14-35)18(3)42(36,37)33-27-32-31-26(19-10-8-13-22(30-19)40-7)34(27)23-20(38-5)11-9-12-21(23)39-6/h8-13,16,18,24,35H,4,14-15H2,1-3,5-7H3,(H,32,33)/t18-,24-/m0/s1. The Labute approximate surface area is 244 Å². The molecule has 0 aliphatic heterocycles. The van der Waals surface area contributed by atoms with E-state index in [-0.39, 0.29) is 30.8 Å². The molecule has 0 aliphatic carbocycles. The van der Waals surface area contributed by atoms with Gasteiger partial charge in [-0.15, -0.1) is 10.2 Å². The number of amidine groups is 1. The van der Waals surface area contributed by atoms with Crippen LogP contribution < -0.4 is 18.9 Å². The van der Waals surface area contributed by atoms with E-state index < -0.39 is 21.4 Å². The quantitative estimate of drug-likeness (QED) is 0.207. The number of para-hydroxylation sites is 1. The number of allylic oxidation sites excluding steroid dienone is 1. The molecule has 1 aromatic carbocycles. The molecule has 2 aromatic heterocycles. The summed E-state index contributed by atoms with van der Waals surface area (Å²) in [5.74, 6) is 1.03. The fraction of sp³-hybridized carbons (Fsp3) is 0.370. The molecule has 2 N–H and O–H groups in total. The molecule has 0 amide bonds. The number of benzene rings is 1. The third-order valence-electron chi connectivity index (χ3n) is 5.86. The first-order valence-electron chi connectivity index (χ1n) is 12.7. The molecule has 0 spiro atoms. The van der Waals surface area contributed by atoms with Crippen molar-refractivity contribution in [1.29, 1.82) is 0 Å². The van der Waals surface area contributed by atoms with Crippen LogP contribution in [-0.2, 0) is 14.8 Å². The van der Waals surface area contributed by atoms with Crippen molar-refractivity contribution in [2.75, 3.05) is 39.3 Å². The zero-order valence-corrected chi connectivity index (χ0v) is 25.1. The SMILES string of the molecule is C=NC(=NC=C(C)C)[C@@H](OCCO)[C@H](C)S(=O)(=O)Nc1nnc(-c2cccc(OC)n2)n1-c1c(OC)cccc1OC. The number of nitrogens with zero attached hydrogens (tertiary/aromatic N) is 6. The van der Waals surface area contributed by atoms with Crippen molar-refractivity contribution in [2.45, 2.75) is 32.1 Å².